The first kappa shape index (κ1) is 34.7. The number of hydrogen-bond acceptors (Lipinski definition) is 6. The van der Waals surface area contributed by atoms with Crippen molar-refractivity contribution in [2.75, 3.05) is 13.2 Å². The van der Waals surface area contributed by atoms with Gasteiger partial charge in [0.1, 0.15) is 11.7 Å². The molecule has 0 amide bonds. The Labute approximate surface area is 266 Å². The van der Waals surface area contributed by atoms with Gasteiger partial charge in [-0.3, -0.25) is 4.79 Å². The summed E-state index contributed by atoms with van der Waals surface area (Å²) in [5.41, 5.74) is -1.19. The number of aliphatic hydroxyl groups is 1. The van der Waals surface area contributed by atoms with E-state index in [-0.39, 0.29) is 34.7 Å². The summed E-state index contributed by atoms with van der Waals surface area (Å²) in [6.07, 6.45) is 5.52. The summed E-state index contributed by atoms with van der Waals surface area (Å²) in [6, 6.07) is 21.1. The van der Waals surface area contributed by atoms with Crippen LogP contribution in [0.2, 0.25) is 23.2 Å². The van der Waals surface area contributed by atoms with E-state index in [1.807, 2.05) is 24.3 Å². The molecule has 5 atom stereocenters. The van der Waals surface area contributed by atoms with Crippen LogP contribution in [0.3, 0.4) is 0 Å². The first-order chi connectivity index (χ1) is 20.5. The minimum absolute atomic E-state index is 0.0342. The Bertz CT molecular complexity index is 1270. The van der Waals surface area contributed by atoms with E-state index < -0.39 is 34.4 Å². The van der Waals surface area contributed by atoms with Gasteiger partial charge in [-0.1, -0.05) is 120 Å². The Kier molecular flexibility index (Phi) is 10.5. The molecule has 0 unspecified atom stereocenters. The summed E-state index contributed by atoms with van der Waals surface area (Å²) >= 11 is 0. The molecule has 0 fully saturated rings. The molecule has 0 saturated heterocycles. The van der Waals surface area contributed by atoms with Crippen molar-refractivity contribution in [3.8, 4) is 0 Å². The molecule has 0 saturated carbocycles. The van der Waals surface area contributed by atoms with Crippen molar-refractivity contribution in [1.82, 2.24) is 0 Å². The van der Waals surface area contributed by atoms with Gasteiger partial charge in [0.2, 0.25) is 0 Å². The number of benzene rings is 2. The summed E-state index contributed by atoms with van der Waals surface area (Å²) in [5.74, 6) is -0.0900. The zero-order valence-corrected chi connectivity index (χ0v) is 30.0. The maximum absolute atomic E-state index is 12.7. The van der Waals surface area contributed by atoms with E-state index >= 15 is 0 Å². The summed E-state index contributed by atoms with van der Waals surface area (Å²) < 4.78 is 26.2. The van der Waals surface area contributed by atoms with E-state index in [0.717, 1.165) is 0 Å². The maximum atomic E-state index is 12.7. The lowest BCUT2D eigenvalue weighted by atomic mass is 9.90. The van der Waals surface area contributed by atoms with Gasteiger partial charge in [-0.2, -0.15) is 0 Å². The van der Waals surface area contributed by atoms with Gasteiger partial charge < -0.3 is 23.4 Å². The van der Waals surface area contributed by atoms with E-state index in [4.69, 9.17) is 18.3 Å². The molecule has 0 bridgehead atoms. The predicted octanol–water partition coefficient (Wildman–Crippen LogP) is 5.94. The van der Waals surface area contributed by atoms with Crippen molar-refractivity contribution in [2.24, 2.45) is 0 Å². The molecule has 240 valence electrons. The molecule has 0 aromatic heterocycles. The molecule has 2 aromatic carbocycles. The molecule has 1 N–H and O–H groups in total. The molecule has 4 rings (SSSR count). The van der Waals surface area contributed by atoms with Crippen LogP contribution in [-0.4, -0.2) is 70.8 Å². The van der Waals surface area contributed by atoms with Crippen molar-refractivity contribution >= 4 is 32.8 Å². The van der Waals surface area contributed by atoms with E-state index in [9.17, 15) is 9.90 Å². The lowest BCUT2D eigenvalue weighted by molar-refractivity contribution is -0.145. The Hall–Kier alpha value is -2.18. The Morgan fingerprint density at radius 1 is 0.795 bits per heavy atom. The quantitative estimate of drug-likeness (QED) is 0.257. The van der Waals surface area contributed by atoms with Crippen LogP contribution in [0.25, 0.3) is 0 Å². The molecule has 2 aliphatic heterocycles. The molecule has 6 nitrogen and oxygen atoms in total. The van der Waals surface area contributed by atoms with Gasteiger partial charge >= 0.3 is 0 Å². The van der Waals surface area contributed by atoms with Gasteiger partial charge in [0.05, 0.1) is 31.5 Å². The minimum Gasteiger partial charge on any atom is -0.414 e. The zero-order valence-electron chi connectivity index (χ0n) is 28.0. The number of carbonyl (C=O) groups excluding carboxylic acids is 1. The molecule has 0 radical (unpaired) electrons. The molecule has 44 heavy (non-hydrogen) atoms. The first-order valence-electron chi connectivity index (χ1n) is 15.8. The summed E-state index contributed by atoms with van der Waals surface area (Å²) in [4.78, 5) is 12.7. The SMILES string of the molecule is CC(C)(C)[Si](C)(C)OC[C@H]1O[C@@H](C[C@H]2O[C@@H](CO[Si](c3ccccc3)(c3ccccc3)C(C)(C)C)C=C[C@]2(C)O)C=CC1=O. The predicted molar refractivity (Wildman–Crippen MR) is 183 cm³/mol. The summed E-state index contributed by atoms with van der Waals surface area (Å²) in [5, 5.41) is 13.6. The third-order valence-corrected chi connectivity index (χ3v) is 19.0. The van der Waals surface area contributed by atoms with Gasteiger partial charge in [-0.25, -0.2) is 0 Å². The van der Waals surface area contributed by atoms with Gasteiger partial charge in [-0.05, 0) is 46.5 Å². The highest BCUT2D eigenvalue weighted by Crippen LogP contribution is 2.38. The highest BCUT2D eigenvalue weighted by molar-refractivity contribution is 6.99. The largest absolute Gasteiger partial charge is 0.414 e. The number of ketones is 1. The lowest BCUT2D eigenvalue weighted by Crippen LogP contribution is -2.67. The second-order valence-corrected chi connectivity index (χ2v) is 24.1. The number of ether oxygens (including phenoxy) is 2. The molecule has 2 aromatic rings. The summed E-state index contributed by atoms with van der Waals surface area (Å²) in [6.45, 7) is 20.0. The molecule has 2 heterocycles. The number of carbonyl (C=O) groups is 1. The highest BCUT2D eigenvalue weighted by atomic mass is 28.4. The van der Waals surface area contributed by atoms with Crippen LogP contribution >= 0.6 is 0 Å². The molecule has 2 aliphatic rings. The normalized spacial score (nSPS) is 26.6. The van der Waals surface area contributed by atoms with Crippen molar-refractivity contribution in [2.45, 2.75) is 108 Å². The zero-order chi connectivity index (χ0) is 32.4. The number of rotatable bonds is 10. The molecule has 8 heteroatoms. The molecule has 0 spiro atoms. The van der Waals surface area contributed by atoms with E-state index in [2.05, 4.69) is 103 Å². The van der Waals surface area contributed by atoms with E-state index in [1.165, 1.54) is 10.4 Å². The van der Waals surface area contributed by atoms with Crippen molar-refractivity contribution in [1.29, 1.82) is 0 Å². The fraction of sp³-hybridized carbons (Fsp3) is 0.528. The second-order valence-electron chi connectivity index (χ2n) is 15.0. The summed E-state index contributed by atoms with van der Waals surface area (Å²) in [7, 11) is -4.79. The van der Waals surface area contributed by atoms with Gasteiger partial charge in [-0.15, -0.1) is 0 Å². The van der Waals surface area contributed by atoms with Crippen LogP contribution in [0.4, 0.5) is 0 Å². The van der Waals surface area contributed by atoms with Crippen molar-refractivity contribution < 1.29 is 28.2 Å². The van der Waals surface area contributed by atoms with Gasteiger partial charge in [0.15, 0.2) is 14.1 Å². The van der Waals surface area contributed by atoms with E-state index in [1.54, 1.807) is 19.1 Å². The first-order valence-corrected chi connectivity index (χ1v) is 20.6. The van der Waals surface area contributed by atoms with Crippen LogP contribution in [0, 0.1) is 0 Å². The van der Waals surface area contributed by atoms with Crippen LogP contribution in [0.1, 0.15) is 54.9 Å². The van der Waals surface area contributed by atoms with Crippen molar-refractivity contribution in [3.63, 3.8) is 0 Å². The Balaban J connectivity index is 1.50. The third kappa shape index (κ3) is 7.61. The fourth-order valence-corrected chi connectivity index (χ4v) is 11.3. The molecular formula is C36H52O6Si2. The van der Waals surface area contributed by atoms with Crippen molar-refractivity contribution in [3.05, 3.63) is 85.0 Å². The molecule has 0 aliphatic carbocycles. The average molecular weight is 637 g/mol. The molecular weight excluding hydrogens is 585 g/mol. The fourth-order valence-electron chi connectivity index (χ4n) is 5.76. The second kappa shape index (κ2) is 13.3. The average Bonchev–Trinajstić information content (AvgIpc) is 2.95. The van der Waals surface area contributed by atoms with Crippen LogP contribution in [0.15, 0.2) is 85.0 Å². The van der Waals surface area contributed by atoms with Gasteiger partial charge in [0.25, 0.3) is 8.32 Å². The number of hydrogen-bond donors (Lipinski definition) is 1. The minimum atomic E-state index is -2.75. The van der Waals surface area contributed by atoms with Gasteiger partial charge in [0, 0.05) is 6.42 Å². The smallest absolute Gasteiger partial charge is 0.261 e. The Morgan fingerprint density at radius 3 is 1.89 bits per heavy atom. The highest BCUT2D eigenvalue weighted by Gasteiger charge is 2.51. The lowest BCUT2D eigenvalue weighted by Gasteiger charge is -2.44. The Morgan fingerprint density at radius 2 is 1.36 bits per heavy atom. The van der Waals surface area contributed by atoms with E-state index in [0.29, 0.717) is 13.0 Å². The van der Waals surface area contributed by atoms with Crippen LogP contribution < -0.4 is 10.4 Å². The maximum Gasteiger partial charge on any atom is 0.261 e. The third-order valence-electron chi connectivity index (χ3n) is 9.50. The van der Waals surface area contributed by atoms with Crippen LogP contribution in [0.5, 0.6) is 0 Å². The standard InChI is InChI=1S/C36H52O6Si2/c1-34(2,3)43(8,9)39-26-32-31(37)21-20-27(41-32)24-33-36(7,38)23-22-28(42-33)25-40-44(35(4,5)6,29-16-12-10-13-17-29)30-18-14-11-15-19-30/h10-23,27-28,32-33,38H,24-26H2,1-9H3/t27-,28-,32-,33-,36+/m1/s1. The topological polar surface area (TPSA) is 74.2 Å². The van der Waals surface area contributed by atoms with Crippen LogP contribution in [-0.2, 0) is 23.1 Å². The monoisotopic (exact) mass is 636 g/mol.